The van der Waals surface area contributed by atoms with Crippen molar-refractivity contribution < 1.29 is 18.7 Å². The maximum atomic E-state index is 12.8. The summed E-state index contributed by atoms with van der Waals surface area (Å²) in [7, 11) is 0. The standard InChI is InChI=1S/C26H23NO5/c1-3-18-6-10-20(11-7-18)32-24-15-31-23-14-21(12-13-22(23)26(24)29)30-16-25(28)27-19-8-4-17(2)5-9-19/h4-15H,3,16H2,1-2H3,(H,27,28). The van der Waals surface area contributed by atoms with E-state index in [1.54, 1.807) is 18.2 Å². The monoisotopic (exact) mass is 429 g/mol. The van der Waals surface area contributed by atoms with Crippen LogP contribution in [0.15, 0.2) is 82.2 Å². The fourth-order valence-corrected chi connectivity index (χ4v) is 3.15. The average molecular weight is 429 g/mol. The van der Waals surface area contributed by atoms with Crippen molar-refractivity contribution in [2.75, 3.05) is 11.9 Å². The Morgan fingerprint density at radius 2 is 1.69 bits per heavy atom. The Balaban J connectivity index is 1.43. The number of carbonyl (C=O) groups excluding carboxylic acids is 1. The van der Waals surface area contributed by atoms with Crippen molar-refractivity contribution in [3.63, 3.8) is 0 Å². The molecule has 6 nitrogen and oxygen atoms in total. The van der Waals surface area contributed by atoms with Gasteiger partial charge in [-0.2, -0.15) is 0 Å². The number of amides is 1. The van der Waals surface area contributed by atoms with Crippen LogP contribution in [0.5, 0.6) is 17.2 Å². The zero-order chi connectivity index (χ0) is 22.5. The first-order valence-electron chi connectivity index (χ1n) is 10.3. The molecular formula is C26H23NO5. The first-order valence-corrected chi connectivity index (χ1v) is 10.3. The van der Waals surface area contributed by atoms with Gasteiger partial charge in [0.05, 0.1) is 5.39 Å². The van der Waals surface area contributed by atoms with Crippen molar-refractivity contribution in [3.05, 3.63) is 94.3 Å². The molecule has 0 aliphatic carbocycles. The van der Waals surface area contributed by atoms with E-state index in [9.17, 15) is 9.59 Å². The second kappa shape index (κ2) is 9.39. The molecule has 162 valence electrons. The Hall–Kier alpha value is -4.06. The molecule has 1 N–H and O–H groups in total. The summed E-state index contributed by atoms with van der Waals surface area (Å²) in [6, 6.07) is 19.8. The molecule has 1 aromatic heterocycles. The minimum atomic E-state index is -0.284. The van der Waals surface area contributed by atoms with Crippen molar-refractivity contribution >= 4 is 22.6 Å². The van der Waals surface area contributed by atoms with Gasteiger partial charge in [-0.3, -0.25) is 9.59 Å². The van der Waals surface area contributed by atoms with E-state index in [2.05, 4.69) is 12.2 Å². The molecule has 0 spiro atoms. The van der Waals surface area contributed by atoms with Crippen LogP contribution in [0.2, 0.25) is 0 Å². The Morgan fingerprint density at radius 3 is 2.41 bits per heavy atom. The van der Waals surface area contributed by atoms with Crippen LogP contribution in [0.1, 0.15) is 18.1 Å². The first-order chi connectivity index (χ1) is 15.5. The van der Waals surface area contributed by atoms with Gasteiger partial charge in [0, 0.05) is 11.8 Å². The van der Waals surface area contributed by atoms with Crippen LogP contribution >= 0.6 is 0 Å². The van der Waals surface area contributed by atoms with Crippen LogP contribution in [0, 0.1) is 6.92 Å². The van der Waals surface area contributed by atoms with Gasteiger partial charge in [-0.1, -0.05) is 36.8 Å². The molecule has 0 bridgehead atoms. The zero-order valence-corrected chi connectivity index (χ0v) is 17.9. The van der Waals surface area contributed by atoms with Crippen LogP contribution in [0.25, 0.3) is 11.0 Å². The van der Waals surface area contributed by atoms with Crippen LogP contribution in [-0.4, -0.2) is 12.5 Å². The Bertz CT molecular complexity index is 1290. The topological polar surface area (TPSA) is 77.8 Å². The number of hydrogen-bond acceptors (Lipinski definition) is 5. The van der Waals surface area contributed by atoms with Crippen LogP contribution < -0.4 is 20.2 Å². The predicted octanol–water partition coefficient (Wildman–Crippen LogP) is 5.47. The van der Waals surface area contributed by atoms with Gasteiger partial charge in [0.15, 0.2) is 6.61 Å². The first kappa shape index (κ1) is 21.2. The second-order valence-corrected chi connectivity index (χ2v) is 7.39. The van der Waals surface area contributed by atoms with Crippen molar-refractivity contribution in [2.24, 2.45) is 0 Å². The molecule has 3 aromatic carbocycles. The van der Waals surface area contributed by atoms with Gasteiger partial charge < -0.3 is 19.2 Å². The van der Waals surface area contributed by atoms with Gasteiger partial charge in [0.25, 0.3) is 5.91 Å². The lowest BCUT2D eigenvalue weighted by atomic mass is 10.2. The van der Waals surface area contributed by atoms with Gasteiger partial charge in [-0.15, -0.1) is 0 Å². The van der Waals surface area contributed by atoms with Crippen molar-refractivity contribution in [2.45, 2.75) is 20.3 Å². The third kappa shape index (κ3) is 4.98. The van der Waals surface area contributed by atoms with Crippen molar-refractivity contribution in [1.82, 2.24) is 0 Å². The molecule has 32 heavy (non-hydrogen) atoms. The molecule has 0 unspecified atom stereocenters. The highest BCUT2D eigenvalue weighted by molar-refractivity contribution is 5.92. The zero-order valence-electron chi connectivity index (χ0n) is 17.9. The molecule has 0 saturated heterocycles. The van der Waals surface area contributed by atoms with Gasteiger partial charge in [0.2, 0.25) is 11.2 Å². The highest BCUT2D eigenvalue weighted by Crippen LogP contribution is 2.24. The summed E-state index contributed by atoms with van der Waals surface area (Å²) in [6.45, 7) is 3.88. The molecule has 0 aliphatic rings. The van der Waals surface area contributed by atoms with Gasteiger partial charge >= 0.3 is 0 Å². The lowest BCUT2D eigenvalue weighted by Crippen LogP contribution is -2.20. The number of aryl methyl sites for hydroxylation is 2. The van der Waals surface area contributed by atoms with E-state index in [1.165, 1.54) is 11.8 Å². The van der Waals surface area contributed by atoms with Gasteiger partial charge in [-0.25, -0.2) is 0 Å². The van der Waals surface area contributed by atoms with E-state index in [4.69, 9.17) is 13.9 Å². The molecule has 0 fully saturated rings. The van der Waals surface area contributed by atoms with E-state index in [0.29, 0.717) is 28.2 Å². The molecule has 0 radical (unpaired) electrons. The third-order valence-electron chi connectivity index (χ3n) is 4.98. The minimum Gasteiger partial charge on any atom is -0.484 e. The molecule has 1 amide bonds. The summed E-state index contributed by atoms with van der Waals surface area (Å²) in [5, 5.41) is 3.13. The number of anilines is 1. The fourth-order valence-electron chi connectivity index (χ4n) is 3.15. The Morgan fingerprint density at radius 1 is 0.969 bits per heavy atom. The highest BCUT2D eigenvalue weighted by atomic mass is 16.5. The summed E-state index contributed by atoms with van der Waals surface area (Å²) in [6.07, 6.45) is 2.21. The van der Waals surface area contributed by atoms with Crippen LogP contribution in [-0.2, 0) is 11.2 Å². The lowest BCUT2D eigenvalue weighted by molar-refractivity contribution is -0.118. The summed E-state index contributed by atoms with van der Waals surface area (Å²) >= 11 is 0. The number of rotatable bonds is 7. The molecular weight excluding hydrogens is 406 g/mol. The van der Waals surface area contributed by atoms with Crippen molar-refractivity contribution in [1.29, 1.82) is 0 Å². The Kier molecular flexibility index (Phi) is 6.22. The predicted molar refractivity (Wildman–Crippen MR) is 124 cm³/mol. The van der Waals surface area contributed by atoms with Crippen molar-refractivity contribution in [3.8, 4) is 17.2 Å². The quantitative estimate of drug-likeness (QED) is 0.421. The smallest absolute Gasteiger partial charge is 0.262 e. The molecule has 4 rings (SSSR count). The molecule has 4 aromatic rings. The summed E-state index contributed by atoms with van der Waals surface area (Å²) in [4.78, 5) is 24.9. The molecule has 6 heteroatoms. The van der Waals surface area contributed by atoms with E-state index in [-0.39, 0.29) is 23.7 Å². The maximum Gasteiger partial charge on any atom is 0.262 e. The number of carbonyl (C=O) groups is 1. The van der Waals surface area contributed by atoms with E-state index in [0.717, 1.165) is 12.0 Å². The molecule has 0 aliphatic heterocycles. The number of fused-ring (bicyclic) bond motifs is 1. The SMILES string of the molecule is CCc1ccc(Oc2coc3cc(OCC(=O)Nc4ccc(C)cc4)ccc3c2=O)cc1. The van der Waals surface area contributed by atoms with Gasteiger partial charge in [0.1, 0.15) is 23.3 Å². The third-order valence-corrected chi connectivity index (χ3v) is 4.98. The molecule has 0 saturated carbocycles. The second-order valence-electron chi connectivity index (χ2n) is 7.39. The summed E-state index contributed by atoms with van der Waals surface area (Å²) < 4.78 is 16.8. The largest absolute Gasteiger partial charge is 0.484 e. The van der Waals surface area contributed by atoms with E-state index >= 15 is 0 Å². The number of hydrogen-bond donors (Lipinski definition) is 1. The van der Waals surface area contributed by atoms with Crippen LogP contribution in [0.3, 0.4) is 0 Å². The number of nitrogens with one attached hydrogen (secondary N) is 1. The molecule has 1 heterocycles. The van der Waals surface area contributed by atoms with E-state index in [1.807, 2.05) is 55.5 Å². The lowest BCUT2D eigenvalue weighted by Gasteiger charge is -2.09. The Labute approximate surface area is 185 Å². The minimum absolute atomic E-state index is 0.105. The summed E-state index contributed by atoms with van der Waals surface area (Å²) in [5.41, 5.74) is 3.06. The maximum absolute atomic E-state index is 12.8. The number of ether oxygens (including phenoxy) is 2. The normalized spacial score (nSPS) is 10.7. The number of benzene rings is 3. The van der Waals surface area contributed by atoms with Gasteiger partial charge in [-0.05, 0) is 55.3 Å². The molecule has 0 atom stereocenters. The van der Waals surface area contributed by atoms with E-state index < -0.39 is 0 Å². The van der Waals surface area contributed by atoms with Crippen LogP contribution in [0.4, 0.5) is 5.69 Å². The fraction of sp³-hybridized carbons (Fsp3) is 0.154. The summed E-state index contributed by atoms with van der Waals surface area (Å²) in [5.74, 6) is 0.804. The average Bonchev–Trinajstić information content (AvgIpc) is 2.81. The highest BCUT2D eigenvalue weighted by Gasteiger charge is 2.11.